The average molecular weight is 330 g/mol. The van der Waals surface area contributed by atoms with Crippen molar-refractivity contribution >= 4 is 39.9 Å². The summed E-state index contributed by atoms with van der Waals surface area (Å²) in [6, 6.07) is 5.98. The van der Waals surface area contributed by atoms with E-state index in [0.29, 0.717) is 13.2 Å². The highest BCUT2D eigenvalue weighted by atomic mass is 127. The van der Waals surface area contributed by atoms with E-state index in [1.54, 1.807) is 0 Å². The summed E-state index contributed by atoms with van der Waals surface area (Å²) in [4.78, 5) is 12.0. The Bertz CT molecular complexity index is 455. The van der Waals surface area contributed by atoms with E-state index in [4.69, 9.17) is 4.74 Å². The molecule has 0 radical (unpaired) electrons. The van der Waals surface area contributed by atoms with Crippen molar-refractivity contribution in [3.8, 4) is 0 Å². The first kappa shape index (κ1) is 10.3. The highest BCUT2D eigenvalue weighted by Gasteiger charge is 2.45. The van der Waals surface area contributed by atoms with E-state index in [2.05, 4.69) is 33.2 Å². The van der Waals surface area contributed by atoms with E-state index < -0.39 is 5.54 Å². The number of carbonyl (C=O) groups excluding carboxylic acids is 1. The third-order valence-electron chi connectivity index (χ3n) is 3.06. The van der Waals surface area contributed by atoms with Gasteiger partial charge in [0, 0.05) is 16.6 Å². The maximum absolute atomic E-state index is 12.0. The van der Waals surface area contributed by atoms with E-state index >= 15 is 0 Å². The summed E-state index contributed by atoms with van der Waals surface area (Å²) in [5.41, 5.74) is 1.28. The molecule has 1 saturated heterocycles. The molecular formula is C11H11IN2O2. The molecule has 1 atom stereocenters. The van der Waals surface area contributed by atoms with Gasteiger partial charge < -0.3 is 15.4 Å². The Morgan fingerprint density at radius 3 is 3.00 bits per heavy atom. The first-order valence-electron chi connectivity index (χ1n) is 5.17. The van der Waals surface area contributed by atoms with Crippen molar-refractivity contribution < 1.29 is 9.53 Å². The number of halogens is 1. The fourth-order valence-corrected chi connectivity index (χ4v) is 2.62. The molecule has 1 unspecified atom stereocenters. The minimum absolute atomic E-state index is 0.0134. The van der Waals surface area contributed by atoms with Gasteiger partial charge in [-0.05, 0) is 40.8 Å². The number of hydrogen-bond donors (Lipinski definition) is 2. The van der Waals surface area contributed by atoms with Crippen LogP contribution >= 0.6 is 22.6 Å². The average Bonchev–Trinajstić information content (AvgIpc) is 2.70. The molecular weight excluding hydrogens is 319 g/mol. The van der Waals surface area contributed by atoms with Crippen molar-refractivity contribution in [1.29, 1.82) is 0 Å². The molecule has 84 valence electrons. The summed E-state index contributed by atoms with van der Waals surface area (Å²) in [7, 11) is 0. The maximum Gasteiger partial charge on any atom is 0.252 e. The van der Waals surface area contributed by atoms with Crippen LogP contribution < -0.4 is 10.6 Å². The summed E-state index contributed by atoms with van der Waals surface area (Å²) >= 11 is 2.23. The first-order chi connectivity index (χ1) is 7.70. The summed E-state index contributed by atoms with van der Waals surface area (Å²) in [6.45, 7) is 1.09. The van der Waals surface area contributed by atoms with Gasteiger partial charge in [-0.15, -0.1) is 0 Å². The predicted molar refractivity (Wildman–Crippen MR) is 69.6 cm³/mol. The number of amides is 1. The van der Waals surface area contributed by atoms with Crippen LogP contribution in [0.15, 0.2) is 18.2 Å². The molecule has 0 aliphatic carbocycles. The molecule has 2 heterocycles. The van der Waals surface area contributed by atoms with Crippen molar-refractivity contribution in [1.82, 2.24) is 0 Å². The maximum atomic E-state index is 12.0. The van der Waals surface area contributed by atoms with Gasteiger partial charge in [-0.2, -0.15) is 0 Å². The summed E-state index contributed by atoms with van der Waals surface area (Å²) in [6.07, 6.45) is 0.726. The second kappa shape index (κ2) is 3.59. The normalized spacial score (nSPS) is 27.4. The number of nitrogens with one attached hydrogen (secondary N) is 2. The molecule has 2 N–H and O–H groups in total. The fourth-order valence-electron chi connectivity index (χ4n) is 2.13. The standard InChI is InChI=1S/C11H11IN2O2/c12-7-1-2-8-9(5-7)13-10(15)11(14-8)3-4-16-6-11/h1-2,5,14H,3-4,6H2,(H,13,15). The molecule has 0 bridgehead atoms. The van der Waals surface area contributed by atoms with Crippen molar-refractivity contribution in [3.63, 3.8) is 0 Å². The van der Waals surface area contributed by atoms with Crippen LogP contribution in [0.4, 0.5) is 11.4 Å². The second-order valence-electron chi connectivity index (χ2n) is 4.15. The van der Waals surface area contributed by atoms with Gasteiger partial charge >= 0.3 is 0 Å². The van der Waals surface area contributed by atoms with Gasteiger partial charge in [0.05, 0.1) is 18.0 Å². The quantitative estimate of drug-likeness (QED) is 0.714. The Hall–Kier alpha value is -0.820. The van der Waals surface area contributed by atoms with Crippen LogP contribution in [-0.2, 0) is 9.53 Å². The molecule has 2 aliphatic rings. The van der Waals surface area contributed by atoms with Gasteiger partial charge in [0.15, 0.2) is 0 Å². The van der Waals surface area contributed by atoms with E-state index in [1.807, 2.05) is 18.2 Å². The summed E-state index contributed by atoms with van der Waals surface area (Å²) in [5, 5.41) is 6.26. The summed E-state index contributed by atoms with van der Waals surface area (Å²) in [5.74, 6) is 0.0134. The third kappa shape index (κ3) is 1.49. The molecule has 5 heteroatoms. The van der Waals surface area contributed by atoms with Gasteiger partial charge in [0.2, 0.25) is 0 Å². The van der Waals surface area contributed by atoms with Crippen LogP contribution in [0.2, 0.25) is 0 Å². The molecule has 1 amide bonds. The molecule has 0 saturated carbocycles. The lowest BCUT2D eigenvalue weighted by Gasteiger charge is -2.34. The van der Waals surface area contributed by atoms with E-state index in [9.17, 15) is 4.79 Å². The number of hydrogen-bond acceptors (Lipinski definition) is 3. The van der Waals surface area contributed by atoms with Crippen molar-refractivity contribution in [2.75, 3.05) is 23.8 Å². The number of carbonyl (C=O) groups is 1. The molecule has 1 fully saturated rings. The lowest BCUT2D eigenvalue weighted by atomic mass is 9.94. The lowest BCUT2D eigenvalue weighted by molar-refractivity contribution is -0.120. The molecule has 3 rings (SSSR count). The second-order valence-corrected chi connectivity index (χ2v) is 5.40. The van der Waals surface area contributed by atoms with E-state index in [0.717, 1.165) is 21.4 Å². The largest absolute Gasteiger partial charge is 0.378 e. The predicted octanol–water partition coefficient (Wildman–Crippen LogP) is 1.81. The smallest absolute Gasteiger partial charge is 0.252 e. The van der Waals surface area contributed by atoms with Crippen LogP contribution in [0.1, 0.15) is 6.42 Å². The summed E-state index contributed by atoms with van der Waals surface area (Å²) < 4.78 is 6.43. The molecule has 4 nitrogen and oxygen atoms in total. The van der Waals surface area contributed by atoms with Gasteiger partial charge in [0.1, 0.15) is 5.54 Å². The van der Waals surface area contributed by atoms with E-state index in [1.165, 1.54) is 0 Å². The Labute approximate surface area is 107 Å². The molecule has 0 aromatic heterocycles. The number of anilines is 2. The van der Waals surface area contributed by atoms with Gasteiger partial charge in [0.25, 0.3) is 5.91 Å². The SMILES string of the molecule is O=C1Nc2cc(I)ccc2NC12CCOC2. The lowest BCUT2D eigenvalue weighted by Crippen LogP contribution is -2.53. The zero-order valence-corrected chi connectivity index (χ0v) is 10.7. The topological polar surface area (TPSA) is 50.4 Å². The van der Waals surface area contributed by atoms with Crippen molar-refractivity contribution in [2.45, 2.75) is 12.0 Å². The molecule has 2 aliphatic heterocycles. The van der Waals surface area contributed by atoms with Crippen molar-refractivity contribution in [3.05, 3.63) is 21.8 Å². The fraction of sp³-hybridized carbons (Fsp3) is 0.364. The Kier molecular flexibility index (Phi) is 2.32. The van der Waals surface area contributed by atoms with Gasteiger partial charge in [-0.3, -0.25) is 4.79 Å². The van der Waals surface area contributed by atoms with Crippen LogP contribution in [0, 0.1) is 3.57 Å². The number of rotatable bonds is 0. The van der Waals surface area contributed by atoms with Gasteiger partial charge in [-0.25, -0.2) is 0 Å². The molecule has 1 spiro atoms. The van der Waals surface area contributed by atoms with Crippen LogP contribution in [0.25, 0.3) is 0 Å². The number of fused-ring (bicyclic) bond motifs is 1. The minimum Gasteiger partial charge on any atom is -0.378 e. The Morgan fingerprint density at radius 1 is 1.38 bits per heavy atom. The van der Waals surface area contributed by atoms with Crippen LogP contribution in [0.5, 0.6) is 0 Å². The number of benzene rings is 1. The van der Waals surface area contributed by atoms with Gasteiger partial charge in [-0.1, -0.05) is 0 Å². The van der Waals surface area contributed by atoms with Crippen molar-refractivity contribution in [2.24, 2.45) is 0 Å². The van der Waals surface area contributed by atoms with E-state index in [-0.39, 0.29) is 5.91 Å². The van der Waals surface area contributed by atoms with Crippen LogP contribution in [-0.4, -0.2) is 24.7 Å². The highest BCUT2D eigenvalue weighted by molar-refractivity contribution is 14.1. The first-order valence-corrected chi connectivity index (χ1v) is 6.24. The Morgan fingerprint density at radius 2 is 2.25 bits per heavy atom. The zero-order valence-electron chi connectivity index (χ0n) is 8.55. The zero-order chi connectivity index (χ0) is 11.2. The minimum atomic E-state index is -0.556. The Balaban J connectivity index is 2.01. The monoisotopic (exact) mass is 330 g/mol. The van der Waals surface area contributed by atoms with Crippen LogP contribution in [0.3, 0.4) is 0 Å². The number of ether oxygens (including phenoxy) is 1. The molecule has 16 heavy (non-hydrogen) atoms. The molecule has 1 aromatic carbocycles. The molecule has 1 aromatic rings. The third-order valence-corrected chi connectivity index (χ3v) is 3.73. The highest BCUT2D eigenvalue weighted by Crippen LogP contribution is 2.35.